The van der Waals surface area contributed by atoms with Gasteiger partial charge in [0, 0.05) is 6.42 Å². The minimum Gasteiger partial charge on any atom is -0.351 e. The zero-order valence-corrected chi connectivity index (χ0v) is 10.3. The van der Waals surface area contributed by atoms with Crippen LogP contribution in [0.5, 0.6) is 0 Å². The van der Waals surface area contributed by atoms with Gasteiger partial charge in [0.15, 0.2) is 0 Å². The van der Waals surface area contributed by atoms with Crippen molar-refractivity contribution in [2.45, 2.75) is 64.7 Å². The fourth-order valence-corrected chi connectivity index (χ4v) is 1.62. The first-order valence-electron chi connectivity index (χ1n) is 6.26. The largest absolute Gasteiger partial charge is 0.351 e. The van der Waals surface area contributed by atoms with Crippen molar-refractivity contribution in [2.75, 3.05) is 0 Å². The first-order chi connectivity index (χ1) is 7.66. The summed E-state index contributed by atoms with van der Waals surface area (Å²) in [6.45, 7) is 2.21. The summed E-state index contributed by atoms with van der Waals surface area (Å²) in [5.74, 6) is -0.265. The van der Waals surface area contributed by atoms with Crippen molar-refractivity contribution in [3.63, 3.8) is 0 Å². The number of hydrogen-bond acceptors (Lipinski definition) is 2. The van der Waals surface area contributed by atoms with E-state index >= 15 is 0 Å². The summed E-state index contributed by atoms with van der Waals surface area (Å²) >= 11 is 0. The minimum atomic E-state index is -0.760. The zero-order chi connectivity index (χ0) is 12.2. The van der Waals surface area contributed by atoms with E-state index in [9.17, 15) is 9.59 Å². The van der Waals surface area contributed by atoms with Crippen molar-refractivity contribution < 1.29 is 9.59 Å². The van der Waals surface area contributed by atoms with Gasteiger partial charge >= 0.3 is 6.03 Å². The van der Waals surface area contributed by atoms with Gasteiger partial charge in [-0.05, 0) is 6.42 Å². The van der Waals surface area contributed by atoms with E-state index in [1.165, 1.54) is 38.5 Å². The molecule has 0 aliphatic rings. The van der Waals surface area contributed by atoms with E-state index in [0.717, 1.165) is 12.8 Å². The molecule has 0 aliphatic carbocycles. The third-order valence-electron chi connectivity index (χ3n) is 2.52. The molecule has 3 amide bonds. The summed E-state index contributed by atoms with van der Waals surface area (Å²) < 4.78 is 0. The molecular formula is C12H24N2O2. The van der Waals surface area contributed by atoms with Crippen LogP contribution in [0.1, 0.15) is 64.7 Å². The van der Waals surface area contributed by atoms with E-state index in [1.54, 1.807) is 0 Å². The second-order valence-corrected chi connectivity index (χ2v) is 4.14. The van der Waals surface area contributed by atoms with Crippen LogP contribution in [0.2, 0.25) is 0 Å². The number of carbonyl (C=O) groups excluding carboxylic acids is 2. The normalized spacial score (nSPS) is 10.1. The topological polar surface area (TPSA) is 72.2 Å². The average Bonchev–Trinajstić information content (AvgIpc) is 2.21. The molecule has 0 saturated heterocycles. The zero-order valence-electron chi connectivity index (χ0n) is 10.3. The van der Waals surface area contributed by atoms with Crippen LogP contribution in [0, 0.1) is 0 Å². The summed E-state index contributed by atoms with van der Waals surface area (Å²) in [5.41, 5.74) is 4.82. The maximum absolute atomic E-state index is 11.0. The van der Waals surface area contributed by atoms with Gasteiger partial charge in [0.1, 0.15) is 0 Å². The van der Waals surface area contributed by atoms with Crippen molar-refractivity contribution >= 4 is 11.9 Å². The number of carbonyl (C=O) groups is 2. The highest BCUT2D eigenvalue weighted by atomic mass is 16.2. The molecule has 16 heavy (non-hydrogen) atoms. The van der Waals surface area contributed by atoms with E-state index in [0.29, 0.717) is 6.42 Å². The molecule has 4 nitrogen and oxygen atoms in total. The Hall–Kier alpha value is -1.06. The molecule has 0 heterocycles. The molecule has 0 radical (unpaired) electrons. The van der Waals surface area contributed by atoms with Crippen molar-refractivity contribution in [2.24, 2.45) is 5.73 Å². The van der Waals surface area contributed by atoms with Gasteiger partial charge in [-0.25, -0.2) is 4.79 Å². The molecule has 3 N–H and O–H groups in total. The van der Waals surface area contributed by atoms with Crippen LogP contribution in [0.15, 0.2) is 0 Å². The van der Waals surface area contributed by atoms with E-state index < -0.39 is 6.03 Å². The number of amides is 3. The van der Waals surface area contributed by atoms with E-state index in [-0.39, 0.29) is 5.91 Å². The third kappa shape index (κ3) is 11.0. The average molecular weight is 228 g/mol. The minimum absolute atomic E-state index is 0.265. The molecule has 0 saturated carbocycles. The van der Waals surface area contributed by atoms with Gasteiger partial charge in [-0.2, -0.15) is 0 Å². The molecule has 0 atom stereocenters. The molecule has 4 heteroatoms. The van der Waals surface area contributed by atoms with Crippen LogP contribution in [-0.2, 0) is 4.79 Å². The Bertz CT molecular complexity index is 205. The first kappa shape index (κ1) is 14.9. The van der Waals surface area contributed by atoms with E-state index in [4.69, 9.17) is 5.73 Å². The Morgan fingerprint density at radius 3 is 1.94 bits per heavy atom. The second-order valence-electron chi connectivity index (χ2n) is 4.14. The van der Waals surface area contributed by atoms with Crippen LogP contribution in [0.4, 0.5) is 4.79 Å². The van der Waals surface area contributed by atoms with Gasteiger partial charge in [0.05, 0.1) is 0 Å². The smallest absolute Gasteiger partial charge is 0.318 e. The Balaban J connectivity index is 3.14. The van der Waals surface area contributed by atoms with Crippen LogP contribution < -0.4 is 11.1 Å². The molecular weight excluding hydrogens is 204 g/mol. The molecule has 0 aromatic heterocycles. The second kappa shape index (κ2) is 10.5. The SMILES string of the molecule is CCCCCCCCCCC(=O)NC(N)=O. The number of nitrogens with one attached hydrogen (secondary N) is 1. The molecule has 0 aromatic carbocycles. The molecule has 0 bridgehead atoms. The van der Waals surface area contributed by atoms with Crippen LogP contribution in [0.3, 0.4) is 0 Å². The molecule has 94 valence electrons. The van der Waals surface area contributed by atoms with E-state index in [2.05, 4.69) is 12.2 Å². The standard InChI is InChI=1S/C12H24N2O2/c1-2-3-4-5-6-7-8-9-10-11(15)14-12(13)16/h2-10H2,1H3,(H3,13,14,15,16). The summed E-state index contributed by atoms with van der Waals surface area (Å²) in [4.78, 5) is 21.4. The maximum Gasteiger partial charge on any atom is 0.318 e. The molecule has 0 rings (SSSR count). The lowest BCUT2D eigenvalue weighted by Gasteiger charge is -2.01. The quantitative estimate of drug-likeness (QED) is 0.595. The Morgan fingerprint density at radius 2 is 1.44 bits per heavy atom. The molecule has 0 unspecified atom stereocenters. The van der Waals surface area contributed by atoms with Crippen molar-refractivity contribution in [1.29, 1.82) is 0 Å². The number of urea groups is 1. The van der Waals surface area contributed by atoms with Gasteiger partial charge in [0.25, 0.3) is 0 Å². The monoisotopic (exact) mass is 228 g/mol. The molecule has 0 aromatic rings. The van der Waals surface area contributed by atoms with Crippen LogP contribution >= 0.6 is 0 Å². The van der Waals surface area contributed by atoms with Gasteiger partial charge in [-0.1, -0.05) is 51.9 Å². The number of primary amides is 1. The summed E-state index contributed by atoms with van der Waals surface area (Å²) in [6.07, 6.45) is 9.92. The third-order valence-corrected chi connectivity index (χ3v) is 2.52. The lowest BCUT2D eigenvalue weighted by Crippen LogP contribution is -2.34. The fraction of sp³-hybridized carbons (Fsp3) is 0.833. The highest BCUT2D eigenvalue weighted by molar-refractivity contribution is 5.93. The Morgan fingerprint density at radius 1 is 0.938 bits per heavy atom. The summed E-state index contributed by atoms with van der Waals surface area (Å²) in [6, 6.07) is -0.760. The number of unbranched alkanes of at least 4 members (excludes halogenated alkanes) is 7. The van der Waals surface area contributed by atoms with E-state index in [1.807, 2.05) is 0 Å². The van der Waals surface area contributed by atoms with Gasteiger partial charge in [-0.3, -0.25) is 10.1 Å². The van der Waals surface area contributed by atoms with Crippen LogP contribution in [-0.4, -0.2) is 11.9 Å². The lowest BCUT2D eigenvalue weighted by molar-refractivity contribution is -0.120. The van der Waals surface area contributed by atoms with Crippen molar-refractivity contribution in [3.8, 4) is 0 Å². The molecule has 0 aliphatic heterocycles. The van der Waals surface area contributed by atoms with Crippen molar-refractivity contribution in [1.82, 2.24) is 5.32 Å². The number of hydrogen-bond donors (Lipinski definition) is 2. The van der Waals surface area contributed by atoms with Gasteiger partial charge in [0.2, 0.25) is 5.91 Å². The fourth-order valence-electron chi connectivity index (χ4n) is 1.62. The summed E-state index contributed by atoms with van der Waals surface area (Å²) in [5, 5.41) is 2.06. The number of imide groups is 1. The number of rotatable bonds is 9. The van der Waals surface area contributed by atoms with Crippen molar-refractivity contribution in [3.05, 3.63) is 0 Å². The molecule has 0 fully saturated rings. The lowest BCUT2D eigenvalue weighted by atomic mass is 10.1. The predicted molar refractivity (Wildman–Crippen MR) is 65.0 cm³/mol. The Kier molecular flexibility index (Phi) is 9.76. The predicted octanol–water partition coefficient (Wildman–Crippen LogP) is 2.71. The van der Waals surface area contributed by atoms with Gasteiger partial charge < -0.3 is 5.73 Å². The molecule has 0 spiro atoms. The first-order valence-corrected chi connectivity index (χ1v) is 6.26. The highest BCUT2D eigenvalue weighted by Crippen LogP contribution is 2.09. The van der Waals surface area contributed by atoms with Gasteiger partial charge in [-0.15, -0.1) is 0 Å². The van der Waals surface area contributed by atoms with Crippen LogP contribution in [0.25, 0.3) is 0 Å². The Labute approximate surface area is 98.0 Å². The maximum atomic E-state index is 11.0. The number of nitrogens with two attached hydrogens (primary N) is 1. The highest BCUT2D eigenvalue weighted by Gasteiger charge is 2.02. The summed E-state index contributed by atoms with van der Waals surface area (Å²) in [7, 11) is 0.